The van der Waals surface area contributed by atoms with Crippen molar-refractivity contribution in [1.82, 2.24) is 4.98 Å². The standard InChI is InChI=1S/C6H10N2OS/c7-5(2-9)1-6-3-10-4-8-6/h3-5,9H,1-2,7H2/t5-/m0/s1. The van der Waals surface area contributed by atoms with Gasteiger partial charge in [0.05, 0.1) is 17.8 Å². The lowest BCUT2D eigenvalue weighted by molar-refractivity contribution is 0.265. The van der Waals surface area contributed by atoms with Crippen LogP contribution < -0.4 is 5.73 Å². The van der Waals surface area contributed by atoms with E-state index < -0.39 is 0 Å². The SMILES string of the molecule is N[C@H](CO)Cc1cscn1. The molecule has 0 fully saturated rings. The summed E-state index contributed by atoms with van der Waals surface area (Å²) < 4.78 is 0. The Morgan fingerprint density at radius 2 is 2.60 bits per heavy atom. The van der Waals surface area contributed by atoms with E-state index in [4.69, 9.17) is 10.8 Å². The van der Waals surface area contributed by atoms with Crippen LogP contribution >= 0.6 is 11.3 Å². The molecule has 3 N–H and O–H groups in total. The molecule has 56 valence electrons. The monoisotopic (exact) mass is 158 g/mol. The Bertz CT molecular complexity index is 176. The molecule has 0 saturated heterocycles. The topological polar surface area (TPSA) is 59.1 Å². The van der Waals surface area contributed by atoms with Crippen LogP contribution in [0.25, 0.3) is 0 Å². The predicted molar refractivity (Wildman–Crippen MR) is 40.9 cm³/mol. The van der Waals surface area contributed by atoms with E-state index in [-0.39, 0.29) is 12.6 Å². The van der Waals surface area contributed by atoms with E-state index in [1.807, 2.05) is 5.38 Å². The number of nitrogens with two attached hydrogens (primary N) is 1. The van der Waals surface area contributed by atoms with Crippen LogP contribution in [-0.2, 0) is 6.42 Å². The third-order valence-corrected chi connectivity index (χ3v) is 1.82. The fourth-order valence-electron chi connectivity index (χ4n) is 0.672. The van der Waals surface area contributed by atoms with Gasteiger partial charge in [0.15, 0.2) is 0 Å². The quantitative estimate of drug-likeness (QED) is 0.651. The molecule has 1 aromatic rings. The predicted octanol–water partition coefficient (Wildman–Crippen LogP) is 0.00520. The number of rotatable bonds is 3. The molecule has 3 nitrogen and oxygen atoms in total. The van der Waals surface area contributed by atoms with Gasteiger partial charge in [-0.2, -0.15) is 0 Å². The van der Waals surface area contributed by atoms with Crippen LogP contribution in [0.15, 0.2) is 10.9 Å². The lowest BCUT2D eigenvalue weighted by Crippen LogP contribution is -2.26. The highest BCUT2D eigenvalue weighted by atomic mass is 32.1. The maximum absolute atomic E-state index is 8.58. The van der Waals surface area contributed by atoms with Crippen LogP contribution in [0.4, 0.5) is 0 Å². The van der Waals surface area contributed by atoms with Crippen molar-refractivity contribution in [2.24, 2.45) is 5.73 Å². The highest BCUT2D eigenvalue weighted by Gasteiger charge is 2.02. The summed E-state index contributed by atoms with van der Waals surface area (Å²) in [4.78, 5) is 4.03. The van der Waals surface area contributed by atoms with E-state index in [0.717, 1.165) is 5.69 Å². The zero-order valence-corrected chi connectivity index (χ0v) is 6.34. The Hall–Kier alpha value is -0.450. The van der Waals surface area contributed by atoms with Gasteiger partial charge in [0.2, 0.25) is 0 Å². The highest BCUT2D eigenvalue weighted by Crippen LogP contribution is 2.02. The summed E-state index contributed by atoms with van der Waals surface area (Å²) in [6, 6.07) is -0.165. The van der Waals surface area contributed by atoms with E-state index >= 15 is 0 Å². The summed E-state index contributed by atoms with van der Waals surface area (Å²) in [6.45, 7) is 0.0253. The van der Waals surface area contributed by atoms with E-state index in [1.54, 1.807) is 16.8 Å². The number of aliphatic hydroxyl groups is 1. The molecule has 0 amide bonds. The summed E-state index contributed by atoms with van der Waals surface area (Å²) >= 11 is 1.54. The average molecular weight is 158 g/mol. The molecule has 0 aromatic carbocycles. The smallest absolute Gasteiger partial charge is 0.0794 e. The second kappa shape index (κ2) is 3.65. The summed E-state index contributed by atoms with van der Waals surface area (Å²) in [7, 11) is 0. The fraction of sp³-hybridized carbons (Fsp3) is 0.500. The molecule has 0 radical (unpaired) electrons. The number of thiazole rings is 1. The molecule has 1 rings (SSSR count). The second-order valence-corrected chi connectivity index (χ2v) is 2.85. The van der Waals surface area contributed by atoms with Gasteiger partial charge in [-0.1, -0.05) is 0 Å². The molecule has 0 aliphatic carbocycles. The summed E-state index contributed by atoms with van der Waals surface area (Å²) in [5.74, 6) is 0. The van der Waals surface area contributed by atoms with Crippen molar-refractivity contribution in [1.29, 1.82) is 0 Å². The minimum absolute atomic E-state index is 0.0253. The Morgan fingerprint density at radius 1 is 1.80 bits per heavy atom. The largest absolute Gasteiger partial charge is 0.395 e. The third-order valence-electron chi connectivity index (χ3n) is 1.19. The third kappa shape index (κ3) is 2.06. The van der Waals surface area contributed by atoms with Crippen molar-refractivity contribution < 1.29 is 5.11 Å². The molecular weight excluding hydrogens is 148 g/mol. The summed E-state index contributed by atoms with van der Waals surface area (Å²) in [6.07, 6.45) is 0.667. The van der Waals surface area contributed by atoms with Gasteiger partial charge in [0.1, 0.15) is 0 Å². The Morgan fingerprint density at radius 3 is 3.10 bits per heavy atom. The second-order valence-electron chi connectivity index (χ2n) is 2.13. The number of aliphatic hydroxyl groups excluding tert-OH is 1. The molecule has 1 atom stereocenters. The zero-order valence-electron chi connectivity index (χ0n) is 5.53. The van der Waals surface area contributed by atoms with Gasteiger partial charge in [-0.05, 0) is 0 Å². The Balaban J connectivity index is 2.40. The van der Waals surface area contributed by atoms with Gasteiger partial charge in [-0.3, -0.25) is 0 Å². The van der Waals surface area contributed by atoms with Crippen LogP contribution in [0, 0.1) is 0 Å². The summed E-state index contributed by atoms with van der Waals surface area (Å²) in [5, 5.41) is 10.5. The van der Waals surface area contributed by atoms with Gasteiger partial charge in [-0.25, -0.2) is 4.98 Å². The lowest BCUT2D eigenvalue weighted by atomic mass is 10.2. The van der Waals surface area contributed by atoms with Gasteiger partial charge in [0.25, 0.3) is 0 Å². The van der Waals surface area contributed by atoms with Crippen LogP contribution in [-0.4, -0.2) is 22.7 Å². The van der Waals surface area contributed by atoms with Crippen molar-refractivity contribution >= 4 is 11.3 Å². The molecule has 0 aliphatic rings. The average Bonchev–Trinajstić information content (AvgIpc) is 2.40. The van der Waals surface area contributed by atoms with E-state index in [0.29, 0.717) is 6.42 Å². The van der Waals surface area contributed by atoms with Crippen LogP contribution in [0.3, 0.4) is 0 Å². The number of nitrogens with zero attached hydrogens (tertiary/aromatic N) is 1. The molecule has 4 heteroatoms. The first kappa shape index (κ1) is 7.65. The van der Waals surface area contributed by atoms with E-state index in [1.165, 1.54) is 0 Å². The number of hydrogen-bond donors (Lipinski definition) is 2. The molecule has 0 aliphatic heterocycles. The van der Waals surface area contributed by atoms with Crippen molar-refractivity contribution in [3.8, 4) is 0 Å². The maximum Gasteiger partial charge on any atom is 0.0794 e. The molecule has 0 saturated carbocycles. The van der Waals surface area contributed by atoms with E-state index in [2.05, 4.69) is 4.98 Å². The summed E-state index contributed by atoms with van der Waals surface area (Å²) in [5.41, 5.74) is 8.21. The molecule has 0 bridgehead atoms. The number of hydrogen-bond acceptors (Lipinski definition) is 4. The lowest BCUT2D eigenvalue weighted by Gasteiger charge is -2.03. The fourth-order valence-corrected chi connectivity index (χ4v) is 1.24. The maximum atomic E-state index is 8.58. The van der Waals surface area contributed by atoms with Gasteiger partial charge >= 0.3 is 0 Å². The van der Waals surface area contributed by atoms with Crippen LogP contribution in [0.2, 0.25) is 0 Å². The van der Waals surface area contributed by atoms with Crippen LogP contribution in [0.5, 0.6) is 0 Å². The Kier molecular flexibility index (Phi) is 2.80. The Labute approximate surface area is 63.5 Å². The first-order valence-corrected chi connectivity index (χ1v) is 4.00. The minimum atomic E-state index is -0.165. The molecule has 0 spiro atoms. The normalized spacial score (nSPS) is 13.4. The first-order chi connectivity index (χ1) is 4.83. The van der Waals surface area contributed by atoms with Crippen molar-refractivity contribution in [3.05, 3.63) is 16.6 Å². The van der Waals surface area contributed by atoms with Gasteiger partial charge < -0.3 is 10.8 Å². The van der Waals surface area contributed by atoms with Gasteiger partial charge in [-0.15, -0.1) is 11.3 Å². The van der Waals surface area contributed by atoms with Crippen LogP contribution in [0.1, 0.15) is 5.69 Å². The molecule has 1 heterocycles. The molecule has 10 heavy (non-hydrogen) atoms. The van der Waals surface area contributed by atoms with Crippen molar-refractivity contribution in [3.63, 3.8) is 0 Å². The van der Waals surface area contributed by atoms with Crippen molar-refractivity contribution in [2.45, 2.75) is 12.5 Å². The van der Waals surface area contributed by atoms with E-state index in [9.17, 15) is 0 Å². The zero-order chi connectivity index (χ0) is 7.40. The highest BCUT2D eigenvalue weighted by molar-refractivity contribution is 7.07. The number of aromatic nitrogens is 1. The molecule has 1 aromatic heterocycles. The molecule has 0 unspecified atom stereocenters. The van der Waals surface area contributed by atoms with Gasteiger partial charge in [0, 0.05) is 17.8 Å². The van der Waals surface area contributed by atoms with Crippen molar-refractivity contribution in [2.75, 3.05) is 6.61 Å². The molecular formula is C6H10N2OS. The minimum Gasteiger partial charge on any atom is -0.395 e. The first-order valence-electron chi connectivity index (χ1n) is 3.06.